The fourth-order valence-corrected chi connectivity index (χ4v) is 2.77. The zero-order valence-electron chi connectivity index (χ0n) is 11.3. The van der Waals surface area contributed by atoms with E-state index in [4.69, 9.17) is 0 Å². The maximum absolute atomic E-state index is 4.47. The van der Waals surface area contributed by atoms with E-state index in [1.165, 1.54) is 20.3 Å². The minimum atomic E-state index is 0.816. The number of rotatable bonds is 3. The monoisotopic (exact) mass is 374 g/mol. The Labute approximate surface area is 132 Å². The van der Waals surface area contributed by atoms with Crippen LogP contribution in [0.4, 0.5) is 0 Å². The third-order valence-corrected chi connectivity index (χ3v) is 4.06. The van der Waals surface area contributed by atoms with Crippen LogP contribution in [0.2, 0.25) is 0 Å². The van der Waals surface area contributed by atoms with Crippen LogP contribution in [0, 0.1) is 10.5 Å². The van der Waals surface area contributed by atoms with Crippen LogP contribution >= 0.6 is 22.6 Å². The standard InChI is InChI=1S/C17H15IN2/c1-13-5-2-3-6-15(13)11-20-12-16(10-19-20)14-7-4-8-17(18)9-14/h2-10,12H,11H2,1H3. The van der Waals surface area contributed by atoms with E-state index < -0.39 is 0 Å². The van der Waals surface area contributed by atoms with Crippen molar-refractivity contribution in [3.05, 3.63) is 75.6 Å². The van der Waals surface area contributed by atoms with Crippen molar-refractivity contribution < 1.29 is 0 Å². The van der Waals surface area contributed by atoms with Gasteiger partial charge < -0.3 is 0 Å². The minimum absolute atomic E-state index is 0.816. The predicted molar refractivity (Wildman–Crippen MR) is 90.7 cm³/mol. The van der Waals surface area contributed by atoms with Gasteiger partial charge in [-0.3, -0.25) is 4.68 Å². The molecule has 0 radical (unpaired) electrons. The second-order valence-electron chi connectivity index (χ2n) is 4.86. The third kappa shape index (κ3) is 2.93. The van der Waals surface area contributed by atoms with E-state index >= 15 is 0 Å². The highest BCUT2D eigenvalue weighted by Crippen LogP contribution is 2.21. The predicted octanol–water partition coefficient (Wildman–Crippen LogP) is 4.51. The first-order valence-corrected chi connectivity index (χ1v) is 7.63. The highest BCUT2D eigenvalue weighted by molar-refractivity contribution is 14.1. The number of aromatic nitrogens is 2. The second kappa shape index (κ2) is 5.79. The number of benzene rings is 2. The number of hydrogen-bond acceptors (Lipinski definition) is 1. The molecule has 1 aromatic heterocycles. The molecule has 0 aliphatic heterocycles. The largest absolute Gasteiger partial charge is 0.268 e. The molecule has 2 aromatic carbocycles. The van der Waals surface area contributed by atoms with Crippen molar-refractivity contribution in [1.29, 1.82) is 0 Å². The van der Waals surface area contributed by atoms with E-state index in [9.17, 15) is 0 Å². The van der Waals surface area contributed by atoms with E-state index in [1.54, 1.807) is 0 Å². The Kier molecular flexibility index (Phi) is 3.87. The van der Waals surface area contributed by atoms with Gasteiger partial charge in [0.2, 0.25) is 0 Å². The molecule has 3 aromatic rings. The highest BCUT2D eigenvalue weighted by atomic mass is 127. The van der Waals surface area contributed by atoms with Crippen molar-refractivity contribution >= 4 is 22.6 Å². The number of aryl methyl sites for hydroxylation is 1. The van der Waals surface area contributed by atoms with Gasteiger partial charge in [-0.1, -0.05) is 36.4 Å². The van der Waals surface area contributed by atoms with Crippen LogP contribution in [-0.4, -0.2) is 9.78 Å². The van der Waals surface area contributed by atoms with Crippen LogP contribution < -0.4 is 0 Å². The van der Waals surface area contributed by atoms with E-state index in [1.807, 2.05) is 10.9 Å². The molecule has 0 fully saturated rings. The number of hydrogen-bond donors (Lipinski definition) is 0. The molecule has 2 nitrogen and oxygen atoms in total. The van der Waals surface area contributed by atoms with Gasteiger partial charge in [0.15, 0.2) is 0 Å². The molecule has 100 valence electrons. The zero-order chi connectivity index (χ0) is 13.9. The second-order valence-corrected chi connectivity index (χ2v) is 6.11. The normalized spacial score (nSPS) is 10.7. The summed E-state index contributed by atoms with van der Waals surface area (Å²) in [5.74, 6) is 0. The smallest absolute Gasteiger partial charge is 0.0662 e. The maximum atomic E-state index is 4.47. The van der Waals surface area contributed by atoms with Gasteiger partial charge >= 0.3 is 0 Å². The highest BCUT2D eigenvalue weighted by Gasteiger charge is 2.04. The summed E-state index contributed by atoms with van der Waals surface area (Å²) in [7, 11) is 0. The Morgan fingerprint density at radius 3 is 2.70 bits per heavy atom. The topological polar surface area (TPSA) is 17.8 Å². The van der Waals surface area contributed by atoms with Gasteiger partial charge in [0.1, 0.15) is 0 Å². The quantitative estimate of drug-likeness (QED) is 0.617. The fraction of sp³-hybridized carbons (Fsp3) is 0.118. The third-order valence-electron chi connectivity index (χ3n) is 3.38. The molecule has 0 bridgehead atoms. The Hall–Kier alpha value is -1.62. The van der Waals surface area contributed by atoms with E-state index in [-0.39, 0.29) is 0 Å². The van der Waals surface area contributed by atoms with Gasteiger partial charge in [-0.25, -0.2) is 0 Å². The fourth-order valence-electron chi connectivity index (χ4n) is 2.23. The van der Waals surface area contributed by atoms with Crippen molar-refractivity contribution in [3.8, 4) is 11.1 Å². The van der Waals surface area contributed by atoms with E-state index in [0.717, 1.165) is 12.1 Å². The van der Waals surface area contributed by atoms with Gasteiger partial charge in [-0.05, 0) is 58.3 Å². The molecule has 0 saturated heterocycles. The van der Waals surface area contributed by atoms with E-state index in [0.29, 0.717) is 0 Å². The van der Waals surface area contributed by atoms with E-state index in [2.05, 4.69) is 89.3 Å². The van der Waals surface area contributed by atoms with Crippen molar-refractivity contribution in [2.45, 2.75) is 13.5 Å². The molecular formula is C17H15IN2. The Bertz CT molecular complexity index is 731. The van der Waals surface area contributed by atoms with Gasteiger partial charge in [-0.2, -0.15) is 5.10 Å². The molecule has 0 unspecified atom stereocenters. The summed E-state index contributed by atoms with van der Waals surface area (Å²) >= 11 is 2.33. The van der Waals surface area contributed by atoms with Crippen LogP contribution in [0.5, 0.6) is 0 Å². The Balaban J connectivity index is 1.86. The van der Waals surface area contributed by atoms with Crippen LogP contribution in [0.25, 0.3) is 11.1 Å². The summed E-state index contributed by atoms with van der Waals surface area (Å²) in [5, 5.41) is 4.47. The molecule has 0 aliphatic rings. The first kappa shape index (κ1) is 13.4. The average Bonchev–Trinajstić information content (AvgIpc) is 2.90. The van der Waals surface area contributed by atoms with Crippen LogP contribution in [0.15, 0.2) is 60.9 Å². The first-order chi connectivity index (χ1) is 9.72. The maximum Gasteiger partial charge on any atom is 0.0662 e. The lowest BCUT2D eigenvalue weighted by Gasteiger charge is -2.05. The van der Waals surface area contributed by atoms with Crippen LogP contribution in [-0.2, 0) is 6.54 Å². The Morgan fingerprint density at radius 1 is 1.05 bits per heavy atom. The average molecular weight is 374 g/mol. The number of halogens is 1. The molecular weight excluding hydrogens is 359 g/mol. The minimum Gasteiger partial charge on any atom is -0.268 e. The van der Waals surface area contributed by atoms with Crippen molar-refractivity contribution in [2.24, 2.45) is 0 Å². The number of nitrogens with zero attached hydrogens (tertiary/aromatic N) is 2. The van der Waals surface area contributed by atoms with Crippen molar-refractivity contribution in [2.75, 3.05) is 0 Å². The molecule has 0 N–H and O–H groups in total. The summed E-state index contributed by atoms with van der Waals surface area (Å²) in [6, 6.07) is 16.9. The lowest BCUT2D eigenvalue weighted by Crippen LogP contribution is -2.01. The van der Waals surface area contributed by atoms with Crippen LogP contribution in [0.3, 0.4) is 0 Å². The summed E-state index contributed by atoms with van der Waals surface area (Å²) in [6.45, 7) is 2.95. The SMILES string of the molecule is Cc1ccccc1Cn1cc(-c2cccc(I)c2)cn1. The summed E-state index contributed by atoms with van der Waals surface area (Å²) in [6.07, 6.45) is 4.04. The first-order valence-electron chi connectivity index (χ1n) is 6.55. The molecule has 0 aliphatic carbocycles. The molecule has 3 heteroatoms. The van der Waals surface area contributed by atoms with Gasteiger partial charge in [0.25, 0.3) is 0 Å². The molecule has 0 saturated carbocycles. The molecule has 3 rings (SSSR count). The molecule has 0 amide bonds. The lowest BCUT2D eigenvalue weighted by atomic mass is 10.1. The van der Waals surface area contributed by atoms with Crippen molar-refractivity contribution in [1.82, 2.24) is 9.78 Å². The van der Waals surface area contributed by atoms with Crippen LogP contribution in [0.1, 0.15) is 11.1 Å². The van der Waals surface area contributed by atoms with Crippen molar-refractivity contribution in [3.63, 3.8) is 0 Å². The molecule has 20 heavy (non-hydrogen) atoms. The zero-order valence-corrected chi connectivity index (χ0v) is 13.4. The summed E-state index contributed by atoms with van der Waals surface area (Å²) in [5.41, 5.74) is 4.99. The Morgan fingerprint density at radius 2 is 1.90 bits per heavy atom. The molecule has 0 atom stereocenters. The summed E-state index contributed by atoms with van der Waals surface area (Å²) < 4.78 is 3.24. The van der Waals surface area contributed by atoms with Gasteiger partial charge in [-0.15, -0.1) is 0 Å². The molecule has 0 spiro atoms. The molecule has 1 heterocycles. The van der Waals surface area contributed by atoms with Gasteiger partial charge in [0, 0.05) is 15.3 Å². The lowest BCUT2D eigenvalue weighted by molar-refractivity contribution is 0.684. The summed E-state index contributed by atoms with van der Waals surface area (Å²) in [4.78, 5) is 0. The van der Waals surface area contributed by atoms with Gasteiger partial charge in [0.05, 0.1) is 12.7 Å².